The van der Waals surface area contributed by atoms with Gasteiger partial charge < -0.3 is 19.5 Å². The highest BCUT2D eigenvalue weighted by Gasteiger charge is 2.14. The van der Waals surface area contributed by atoms with Gasteiger partial charge in [-0.25, -0.2) is 0 Å². The monoisotopic (exact) mass is 173 g/mol. The van der Waals surface area contributed by atoms with E-state index in [1.54, 1.807) is 0 Å². The normalized spacial score (nSPS) is 35.3. The number of hydrogen-bond donors (Lipinski definition) is 1. The first-order chi connectivity index (χ1) is 9.86. The van der Waals surface area contributed by atoms with Crippen molar-refractivity contribution < 1.29 is 34.6 Å². The van der Waals surface area contributed by atoms with Crippen LogP contribution in [0, 0.1) is 0 Å². The lowest BCUT2D eigenvalue weighted by molar-refractivity contribution is -0.873. The molecular weight excluding hydrogens is 146 g/mol. The number of carbonyl (C=O) groups is 1. The van der Waals surface area contributed by atoms with Crippen LogP contribution in [-0.2, 0) is 4.79 Å². The second-order valence-electron chi connectivity index (χ2n) is 1.91. The van der Waals surface area contributed by atoms with Gasteiger partial charge in [0.25, 0.3) is 0 Å². The topological polar surface area (TPSA) is 60.4 Å². The van der Waals surface area contributed by atoms with Crippen molar-refractivity contribution in [3.05, 3.63) is 0 Å². The molecule has 0 spiro atoms. The fourth-order valence-electron chi connectivity index (χ4n) is 0.426. The quantitative estimate of drug-likeness (QED) is 0.499. The van der Waals surface area contributed by atoms with Gasteiger partial charge >= 0.3 is 0 Å². The van der Waals surface area contributed by atoms with E-state index in [9.17, 15) is 9.90 Å². The fraction of sp³-hybridized carbons (Fsp3) is 0.857. The number of hydrogen-bond acceptors (Lipinski definition) is 3. The molecule has 0 heterocycles. The van der Waals surface area contributed by atoms with Gasteiger partial charge in [-0.05, 0) is 0 Å². The molecule has 0 unspecified atom stereocenters. The van der Waals surface area contributed by atoms with Crippen LogP contribution in [0.1, 0.15) is 21.5 Å². The molecule has 11 heavy (non-hydrogen) atoms. The first-order valence-electron chi connectivity index (χ1n) is 8.49. The number of aliphatic hydroxyl groups excluding tert-OH is 1. The van der Waals surface area contributed by atoms with Gasteiger partial charge in [0.1, 0.15) is 12.6 Å². The first-order valence-corrected chi connectivity index (χ1v) is 2.58. The third-order valence-corrected chi connectivity index (χ3v) is 0.719. The predicted octanol–water partition coefficient (Wildman–Crippen LogP) is -1.81. The standard InChI is InChI=1S/C7H15NO3/c1-8(2,3)5-6(9)4-7(10)11/h6,9H,4-5H2,1-3H3/t6-/m1/s1/i1D3,2D3,3D3,4D2,9D. The molecule has 0 radical (unpaired) electrons. The number of quaternary nitrogens is 1. The van der Waals surface area contributed by atoms with E-state index in [1.165, 1.54) is 0 Å². The molecule has 1 atom stereocenters. The highest BCUT2D eigenvalue weighted by atomic mass is 16.4. The third kappa shape index (κ3) is 7.29. The van der Waals surface area contributed by atoms with Gasteiger partial charge in [-0.1, -0.05) is 0 Å². The Kier molecular flexibility index (Phi) is 0.671. The zero-order chi connectivity index (χ0) is 19.1. The minimum Gasteiger partial charge on any atom is -0.550 e. The average Bonchev–Trinajstić information content (AvgIpc) is 2.23. The number of rotatable bonds is 5. The van der Waals surface area contributed by atoms with E-state index < -0.39 is 50.4 Å². The van der Waals surface area contributed by atoms with Crippen LogP contribution in [0.4, 0.5) is 0 Å². The Morgan fingerprint density at radius 1 is 1.91 bits per heavy atom. The number of nitrogens with zero attached hydrogens (tertiary/aromatic N) is 1. The Bertz CT molecular complexity index is 401. The van der Waals surface area contributed by atoms with Gasteiger partial charge in [-0.15, -0.1) is 0 Å². The summed E-state index contributed by atoms with van der Waals surface area (Å²) in [5.41, 5.74) is 0. The number of aliphatic hydroxyl groups is 1. The van der Waals surface area contributed by atoms with Crippen LogP contribution in [0.3, 0.4) is 0 Å². The third-order valence-electron chi connectivity index (χ3n) is 0.719. The van der Waals surface area contributed by atoms with Crippen molar-refractivity contribution in [2.24, 2.45) is 0 Å². The van der Waals surface area contributed by atoms with Gasteiger partial charge in [-0.3, -0.25) is 0 Å². The van der Waals surface area contributed by atoms with Crippen LogP contribution < -0.4 is 5.11 Å². The van der Waals surface area contributed by atoms with Crippen LogP contribution in [0.15, 0.2) is 0 Å². The molecule has 1 N–H and O–H groups in total. The average molecular weight is 173 g/mol. The van der Waals surface area contributed by atoms with E-state index in [0.29, 0.717) is 0 Å². The van der Waals surface area contributed by atoms with Crippen molar-refractivity contribution in [2.75, 3.05) is 27.5 Å². The molecule has 0 aliphatic heterocycles. The van der Waals surface area contributed by atoms with Crippen molar-refractivity contribution in [1.29, 1.82) is 1.43 Å². The van der Waals surface area contributed by atoms with Crippen molar-refractivity contribution in [3.8, 4) is 0 Å². The van der Waals surface area contributed by atoms with Crippen molar-refractivity contribution >= 4 is 5.97 Å². The number of aliphatic carboxylic acids is 1. The van der Waals surface area contributed by atoms with Crippen LogP contribution in [0.2, 0.25) is 0 Å². The minimum atomic E-state index is -3.71. The van der Waals surface area contributed by atoms with Gasteiger partial charge in [0.2, 0.25) is 1.43 Å². The molecule has 0 aliphatic rings. The maximum absolute atomic E-state index is 10.8. The summed E-state index contributed by atoms with van der Waals surface area (Å²) in [5.74, 6) is -2.41. The maximum Gasteiger partial charge on any atom is 0.211 e. The molecule has 0 rings (SSSR count). The summed E-state index contributed by atoms with van der Waals surface area (Å²) in [4.78, 5) is 10.8. The number of carboxylic acid groups (broad SMARTS) is 1. The van der Waals surface area contributed by atoms with E-state index >= 15 is 0 Å². The molecule has 0 amide bonds. The molecule has 4 heteroatoms. The summed E-state index contributed by atoms with van der Waals surface area (Å²) in [6.07, 6.45) is -6.01. The first kappa shape index (κ1) is 2.00. The fourth-order valence-corrected chi connectivity index (χ4v) is 0.426. The van der Waals surface area contributed by atoms with E-state index in [2.05, 4.69) is 5.11 Å². The second kappa shape index (κ2) is 3.69. The molecule has 66 valence electrons. The Morgan fingerprint density at radius 3 is 2.91 bits per heavy atom. The predicted molar refractivity (Wildman–Crippen MR) is 38.5 cm³/mol. The second-order valence-corrected chi connectivity index (χ2v) is 1.91. The molecule has 0 saturated carbocycles. The summed E-state index contributed by atoms with van der Waals surface area (Å²) < 4.78 is 84.3. The van der Waals surface area contributed by atoms with Gasteiger partial charge in [-0.2, -0.15) is 0 Å². The summed E-state index contributed by atoms with van der Waals surface area (Å²) in [6.45, 7) is -12.8. The Hall–Kier alpha value is -0.610. The number of carboxylic acids is 1. The van der Waals surface area contributed by atoms with Crippen molar-refractivity contribution in [1.82, 2.24) is 0 Å². The highest BCUT2D eigenvalue weighted by molar-refractivity contribution is 5.64. The Labute approximate surface area is 83.6 Å². The Balaban J connectivity index is 6.36. The van der Waals surface area contributed by atoms with Crippen LogP contribution in [-0.4, -0.2) is 50.6 Å². The molecule has 0 saturated heterocycles. The molecule has 0 aromatic rings. The lowest BCUT2D eigenvalue weighted by Crippen LogP contribution is -2.43. The molecular formula is C7H15NO3. The summed E-state index contributed by atoms with van der Waals surface area (Å²) in [7, 11) is 0. The SMILES string of the molecule is [2H]O[C@@H](C[N+](C([2H])([2H])[2H])(C([2H])([2H])[2H])C([2H])([2H])[2H])C([2H])([2H])C(=O)[O-]. The largest absolute Gasteiger partial charge is 0.550 e. The van der Waals surface area contributed by atoms with Crippen LogP contribution in [0.25, 0.3) is 0 Å². The lowest BCUT2D eigenvalue weighted by atomic mass is 10.2. The van der Waals surface area contributed by atoms with Crippen LogP contribution in [0.5, 0.6) is 0 Å². The van der Waals surface area contributed by atoms with Gasteiger partial charge in [0.05, 0.1) is 33.3 Å². The molecule has 0 fully saturated rings. The van der Waals surface area contributed by atoms with E-state index in [-0.39, 0.29) is 0 Å². The summed E-state index contributed by atoms with van der Waals surface area (Å²) in [6, 6.07) is 0. The minimum absolute atomic E-state index is 1.64. The number of likely N-dealkylation sites (N-methyl/N-ethyl adjacent to an activating group) is 1. The zero-order valence-corrected chi connectivity index (χ0v) is 5.46. The van der Waals surface area contributed by atoms with Crippen molar-refractivity contribution in [3.63, 3.8) is 0 Å². The van der Waals surface area contributed by atoms with Crippen molar-refractivity contribution in [2.45, 2.75) is 12.5 Å². The van der Waals surface area contributed by atoms with E-state index in [1.807, 2.05) is 0 Å². The number of carbonyl (C=O) groups excluding carboxylic acids is 1. The summed E-state index contributed by atoms with van der Waals surface area (Å²) in [5, 5.41) is 14.6. The van der Waals surface area contributed by atoms with Crippen LogP contribution >= 0.6 is 0 Å². The Morgan fingerprint density at radius 2 is 2.55 bits per heavy atom. The molecule has 0 aromatic carbocycles. The highest BCUT2D eigenvalue weighted by Crippen LogP contribution is 1.97. The summed E-state index contributed by atoms with van der Waals surface area (Å²) >= 11 is 0. The van der Waals surface area contributed by atoms with Gasteiger partial charge in [0.15, 0.2) is 0 Å². The smallest absolute Gasteiger partial charge is 0.211 e. The van der Waals surface area contributed by atoms with Gasteiger partial charge in [0, 0.05) is 15.1 Å². The molecule has 0 aromatic heterocycles. The zero-order valence-electron chi connectivity index (χ0n) is 17.5. The molecule has 0 bridgehead atoms. The molecule has 4 nitrogen and oxygen atoms in total. The van der Waals surface area contributed by atoms with E-state index in [0.717, 1.165) is 0 Å². The van der Waals surface area contributed by atoms with E-state index in [4.69, 9.17) is 16.5 Å². The maximum atomic E-state index is 10.8. The molecule has 0 aliphatic carbocycles. The lowest BCUT2D eigenvalue weighted by Gasteiger charge is -2.26.